The summed E-state index contributed by atoms with van der Waals surface area (Å²) in [6.07, 6.45) is 3.28. The molecule has 0 N–H and O–H groups in total. The molecule has 1 saturated heterocycles. The molecule has 0 aromatic heterocycles. The summed E-state index contributed by atoms with van der Waals surface area (Å²) in [6.45, 7) is 4.18. The number of ether oxygens (including phenoxy) is 2. The molecule has 0 bridgehead atoms. The Labute approximate surface area is 223 Å². The molecule has 1 aliphatic carbocycles. The summed E-state index contributed by atoms with van der Waals surface area (Å²) >= 11 is 0. The van der Waals surface area contributed by atoms with E-state index in [1.807, 2.05) is 24.3 Å². The summed E-state index contributed by atoms with van der Waals surface area (Å²) in [4.78, 5) is 31.1. The lowest BCUT2D eigenvalue weighted by atomic mass is 9.84. The first-order valence-corrected chi connectivity index (χ1v) is 13.4. The summed E-state index contributed by atoms with van der Waals surface area (Å²) < 4.78 is 24.5. The lowest BCUT2D eigenvalue weighted by molar-refractivity contribution is -0.145. The number of hydrazone groups is 1. The van der Waals surface area contributed by atoms with E-state index in [1.54, 1.807) is 24.1 Å². The number of carbonyl (C=O) groups excluding carboxylic acids is 2. The number of amides is 2. The topological polar surface area (TPSA) is 74.7 Å². The molecule has 2 heterocycles. The standard InChI is InChI=1S/C29H35FN4O4/c1-37-25-7-3-6-23(18-25)26-19-27(21-8-10-24(30)11-9-21)34(31-26)28(35)20-33(29(36)22-4-2-5-22)13-12-32-14-16-38-17-15-32/h3,6-11,18,22,27H,2,4-5,12-17,19-20H2,1H3. The minimum Gasteiger partial charge on any atom is -0.497 e. The van der Waals surface area contributed by atoms with Crippen molar-refractivity contribution in [1.82, 2.24) is 14.8 Å². The molecular formula is C29H35FN4O4. The number of halogens is 1. The predicted molar refractivity (Wildman–Crippen MR) is 141 cm³/mol. The molecule has 38 heavy (non-hydrogen) atoms. The van der Waals surface area contributed by atoms with Crippen molar-refractivity contribution in [3.05, 3.63) is 65.5 Å². The second kappa shape index (κ2) is 12.0. The van der Waals surface area contributed by atoms with E-state index in [2.05, 4.69) is 4.90 Å². The molecule has 2 amide bonds. The van der Waals surface area contributed by atoms with Crippen LogP contribution in [0.3, 0.4) is 0 Å². The van der Waals surface area contributed by atoms with E-state index in [0.29, 0.717) is 38.5 Å². The third kappa shape index (κ3) is 6.05. The van der Waals surface area contributed by atoms with Crippen LogP contribution in [-0.2, 0) is 14.3 Å². The van der Waals surface area contributed by atoms with Crippen molar-refractivity contribution in [3.63, 3.8) is 0 Å². The van der Waals surface area contributed by atoms with E-state index in [4.69, 9.17) is 14.6 Å². The summed E-state index contributed by atoms with van der Waals surface area (Å²) in [5.41, 5.74) is 2.41. The van der Waals surface area contributed by atoms with Gasteiger partial charge in [0.15, 0.2) is 0 Å². The van der Waals surface area contributed by atoms with Crippen molar-refractivity contribution >= 4 is 17.5 Å². The molecule has 0 spiro atoms. The Morgan fingerprint density at radius 2 is 1.89 bits per heavy atom. The quantitative estimate of drug-likeness (QED) is 0.504. The molecule has 2 aromatic carbocycles. The Kier molecular flexibility index (Phi) is 8.34. The number of nitrogens with zero attached hydrogens (tertiary/aromatic N) is 4. The van der Waals surface area contributed by atoms with Crippen LogP contribution < -0.4 is 4.74 Å². The first-order chi connectivity index (χ1) is 18.5. The zero-order chi connectivity index (χ0) is 26.5. The second-order valence-corrected chi connectivity index (χ2v) is 10.1. The van der Waals surface area contributed by atoms with Crippen LogP contribution in [0.2, 0.25) is 0 Å². The molecule has 2 aromatic rings. The highest BCUT2D eigenvalue weighted by molar-refractivity contribution is 6.03. The van der Waals surface area contributed by atoms with E-state index in [9.17, 15) is 14.0 Å². The maximum atomic E-state index is 13.8. The van der Waals surface area contributed by atoms with Gasteiger partial charge in [0.25, 0.3) is 5.91 Å². The molecule has 9 heteroatoms. The number of rotatable bonds is 9. The lowest BCUT2D eigenvalue weighted by Gasteiger charge is -2.34. The molecule has 1 atom stereocenters. The minimum absolute atomic E-state index is 0.00481. The fraction of sp³-hybridized carbons (Fsp3) is 0.483. The van der Waals surface area contributed by atoms with Crippen molar-refractivity contribution in [1.29, 1.82) is 0 Å². The van der Waals surface area contributed by atoms with Crippen molar-refractivity contribution in [2.45, 2.75) is 31.7 Å². The third-order valence-corrected chi connectivity index (χ3v) is 7.71. The number of benzene rings is 2. The van der Waals surface area contributed by atoms with Gasteiger partial charge >= 0.3 is 0 Å². The molecule has 3 aliphatic rings. The lowest BCUT2D eigenvalue weighted by Crippen LogP contribution is -2.49. The molecule has 202 valence electrons. The maximum absolute atomic E-state index is 13.8. The van der Waals surface area contributed by atoms with Gasteiger partial charge in [-0.3, -0.25) is 14.5 Å². The van der Waals surface area contributed by atoms with E-state index < -0.39 is 0 Å². The highest BCUT2D eigenvalue weighted by Gasteiger charge is 2.36. The molecule has 5 rings (SSSR count). The van der Waals surface area contributed by atoms with Crippen LogP contribution >= 0.6 is 0 Å². The van der Waals surface area contributed by atoms with E-state index >= 15 is 0 Å². The number of morpholine rings is 1. The van der Waals surface area contributed by atoms with Gasteiger partial charge in [0.1, 0.15) is 18.1 Å². The van der Waals surface area contributed by atoms with Gasteiger partial charge in [0.2, 0.25) is 5.91 Å². The zero-order valence-corrected chi connectivity index (χ0v) is 21.9. The van der Waals surface area contributed by atoms with Crippen LogP contribution in [0, 0.1) is 11.7 Å². The largest absolute Gasteiger partial charge is 0.497 e. The van der Waals surface area contributed by atoms with Gasteiger partial charge in [-0.1, -0.05) is 30.7 Å². The Morgan fingerprint density at radius 1 is 1.13 bits per heavy atom. The Balaban J connectivity index is 1.37. The third-order valence-electron chi connectivity index (χ3n) is 7.71. The van der Waals surface area contributed by atoms with Gasteiger partial charge in [-0.05, 0) is 42.7 Å². The van der Waals surface area contributed by atoms with Gasteiger partial charge in [0.05, 0.1) is 32.1 Å². The van der Waals surface area contributed by atoms with Crippen LogP contribution in [0.1, 0.15) is 42.9 Å². The SMILES string of the molecule is COc1cccc(C2=NN(C(=O)CN(CCN3CCOCC3)C(=O)C3CCC3)C(c3ccc(F)cc3)C2)c1. The summed E-state index contributed by atoms with van der Waals surface area (Å²) in [6, 6.07) is 13.4. The van der Waals surface area contributed by atoms with Crippen molar-refractivity contribution < 1.29 is 23.5 Å². The average molecular weight is 523 g/mol. The van der Waals surface area contributed by atoms with E-state index in [0.717, 1.165) is 49.2 Å². The Morgan fingerprint density at radius 3 is 2.58 bits per heavy atom. The number of methoxy groups -OCH3 is 1. The zero-order valence-electron chi connectivity index (χ0n) is 21.9. The normalized spacial score (nSPS) is 20.1. The Bertz CT molecular complexity index is 1160. The summed E-state index contributed by atoms with van der Waals surface area (Å²) in [5, 5.41) is 6.23. The molecular weight excluding hydrogens is 487 g/mol. The van der Waals surface area contributed by atoms with Gasteiger partial charge in [-0.2, -0.15) is 5.10 Å². The van der Waals surface area contributed by atoms with Crippen LogP contribution in [0.25, 0.3) is 0 Å². The van der Waals surface area contributed by atoms with Gasteiger partial charge < -0.3 is 14.4 Å². The number of hydrogen-bond acceptors (Lipinski definition) is 6. The summed E-state index contributed by atoms with van der Waals surface area (Å²) in [7, 11) is 1.61. The first-order valence-electron chi connectivity index (χ1n) is 13.4. The number of hydrogen-bond donors (Lipinski definition) is 0. The monoisotopic (exact) mass is 522 g/mol. The molecule has 1 saturated carbocycles. The van der Waals surface area contributed by atoms with Gasteiger partial charge in [-0.25, -0.2) is 9.40 Å². The van der Waals surface area contributed by atoms with E-state index in [-0.39, 0.29) is 36.1 Å². The fourth-order valence-electron chi connectivity index (χ4n) is 5.17. The van der Waals surface area contributed by atoms with Crippen molar-refractivity contribution in [2.75, 3.05) is 53.0 Å². The second-order valence-electron chi connectivity index (χ2n) is 10.1. The predicted octanol–water partition coefficient (Wildman–Crippen LogP) is 3.47. The maximum Gasteiger partial charge on any atom is 0.262 e. The molecule has 2 fully saturated rings. The highest BCUT2D eigenvalue weighted by Crippen LogP contribution is 2.34. The molecule has 8 nitrogen and oxygen atoms in total. The van der Waals surface area contributed by atoms with Crippen LogP contribution in [0.4, 0.5) is 4.39 Å². The first kappa shape index (κ1) is 26.3. The smallest absolute Gasteiger partial charge is 0.262 e. The van der Waals surface area contributed by atoms with Crippen molar-refractivity contribution in [3.8, 4) is 5.75 Å². The molecule has 2 aliphatic heterocycles. The van der Waals surface area contributed by atoms with Crippen LogP contribution in [0.5, 0.6) is 5.75 Å². The average Bonchev–Trinajstić information content (AvgIpc) is 3.37. The minimum atomic E-state index is -0.385. The molecule has 0 radical (unpaired) electrons. The van der Waals surface area contributed by atoms with Gasteiger partial charge in [-0.15, -0.1) is 0 Å². The van der Waals surface area contributed by atoms with Crippen LogP contribution in [0.15, 0.2) is 53.6 Å². The Hall–Kier alpha value is -3.30. The highest BCUT2D eigenvalue weighted by atomic mass is 19.1. The van der Waals surface area contributed by atoms with E-state index in [1.165, 1.54) is 17.1 Å². The fourth-order valence-corrected chi connectivity index (χ4v) is 5.17. The number of carbonyl (C=O) groups is 2. The summed E-state index contributed by atoms with van der Waals surface area (Å²) in [5.74, 6) is 0.168. The molecule has 1 unspecified atom stereocenters. The van der Waals surface area contributed by atoms with Gasteiger partial charge in [0, 0.05) is 44.1 Å². The van der Waals surface area contributed by atoms with Crippen molar-refractivity contribution in [2.24, 2.45) is 11.0 Å². The van der Waals surface area contributed by atoms with Crippen LogP contribution in [-0.4, -0.2) is 85.4 Å².